The van der Waals surface area contributed by atoms with Crippen LogP contribution < -0.4 is 0 Å². The summed E-state index contributed by atoms with van der Waals surface area (Å²) in [7, 11) is 0. The van der Waals surface area contributed by atoms with Crippen molar-refractivity contribution in [2.45, 2.75) is 39.5 Å². The molecule has 2 aliphatic rings. The zero-order chi connectivity index (χ0) is 15.9. The number of esters is 2. The second-order valence-corrected chi connectivity index (χ2v) is 6.56. The molecule has 0 spiro atoms. The van der Waals surface area contributed by atoms with Crippen molar-refractivity contribution in [3.8, 4) is 0 Å². The lowest BCUT2D eigenvalue weighted by Gasteiger charge is -2.25. The largest absolute Gasteiger partial charge is 0.457 e. The number of carbonyl (C=O) groups excluding carboxylic acids is 2. The average molecular weight is 306 g/mol. The van der Waals surface area contributed by atoms with E-state index in [1.54, 1.807) is 0 Å². The van der Waals surface area contributed by atoms with E-state index in [-0.39, 0.29) is 0 Å². The Labute approximate surface area is 132 Å². The first-order valence-electron chi connectivity index (χ1n) is 8.21. The standard InChI is InChI=1S/C18H26O4/c1-13-7-3-5-9-15(13)11-21-17(19)18(20)22-12-16-10-6-4-8-14(16)2/h3-6,13-16H,7-12H2,1-2H3/t13-,14-,15-,16-/m0/s1. The van der Waals surface area contributed by atoms with Gasteiger partial charge in [0, 0.05) is 0 Å². The molecule has 0 aromatic heterocycles. The normalized spacial score (nSPS) is 30.8. The molecule has 4 atom stereocenters. The first-order valence-corrected chi connectivity index (χ1v) is 8.21. The molecule has 0 saturated carbocycles. The molecular weight excluding hydrogens is 280 g/mol. The highest BCUT2D eigenvalue weighted by Gasteiger charge is 2.25. The van der Waals surface area contributed by atoms with E-state index in [0.29, 0.717) is 36.9 Å². The van der Waals surface area contributed by atoms with Gasteiger partial charge in [-0.1, -0.05) is 38.2 Å². The van der Waals surface area contributed by atoms with Crippen LogP contribution in [0.25, 0.3) is 0 Å². The predicted molar refractivity (Wildman–Crippen MR) is 84.0 cm³/mol. The minimum atomic E-state index is -0.860. The van der Waals surface area contributed by atoms with Crippen molar-refractivity contribution in [1.29, 1.82) is 0 Å². The zero-order valence-corrected chi connectivity index (χ0v) is 13.5. The van der Waals surface area contributed by atoms with E-state index in [1.807, 2.05) is 0 Å². The molecule has 0 heterocycles. The van der Waals surface area contributed by atoms with Gasteiger partial charge in [0.25, 0.3) is 0 Å². The molecule has 2 aliphatic carbocycles. The molecular formula is C18H26O4. The van der Waals surface area contributed by atoms with Gasteiger partial charge in [0.1, 0.15) is 0 Å². The average Bonchev–Trinajstić information content (AvgIpc) is 2.52. The lowest BCUT2D eigenvalue weighted by molar-refractivity contribution is -0.169. The van der Waals surface area contributed by atoms with Crippen LogP contribution in [0.4, 0.5) is 0 Å². The molecule has 0 unspecified atom stereocenters. The topological polar surface area (TPSA) is 52.6 Å². The summed E-state index contributed by atoms with van der Waals surface area (Å²) in [6, 6.07) is 0. The van der Waals surface area contributed by atoms with Gasteiger partial charge in [-0.2, -0.15) is 0 Å². The van der Waals surface area contributed by atoms with Crippen LogP contribution in [-0.4, -0.2) is 25.2 Å². The molecule has 0 saturated heterocycles. The summed E-state index contributed by atoms with van der Waals surface area (Å²) < 4.78 is 10.2. The number of allylic oxidation sites excluding steroid dienone is 4. The van der Waals surface area contributed by atoms with Gasteiger partial charge in [-0.15, -0.1) is 0 Å². The fraction of sp³-hybridized carbons (Fsp3) is 0.667. The van der Waals surface area contributed by atoms with Crippen molar-refractivity contribution in [1.82, 2.24) is 0 Å². The molecule has 22 heavy (non-hydrogen) atoms. The number of hydrogen-bond donors (Lipinski definition) is 0. The Morgan fingerprint density at radius 1 is 0.773 bits per heavy atom. The maximum atomic E-state index is 11.7. The van der Waals surface area contributed by atoms with Gasteiger partial charge in [-0.05, 0) is 49.4 Å². The van der Waals surface area contributed by atoms with E-state index in [1.165, 1.54) is 0 Å². The van der Waals surface area contributed by atoms with Gasteiger partial charge < -0.3 is 9.47 Å². The highest BCUT2D eigenvalue weighted by molar-refractivity contribution is 6.29. The molecule has 0 amide bonds. The van der Waals surface area contributed by atoms with Crippen molar-refractivity contribution in [3.05, 3.63) is 24.3 Å². The second-order valence-electron chi connectivity index (χ2n) is 6.56. The highest BCUT2D eigenvalue weighted by Crippen LogP contribution is 2.26. The van der Waals surface area contributed by atoms with Gasteiger partial charge in [0.2, 0.25) is 0 Å². The molecule has 4 nitrogen and oxygen atoms in total. The fourth-order valence-corrected chi connectivity index (χ4v) is 2.96. The smallest absolute Gasteiger partial charge is 0.417 e. The van der Waals surface area contributed by atoms with Gasteiger partial charge >= 0.3 is 11.9 Å². The van der Waals surface area contributed by atoms with E-state index in [9.17, 15) is 9.59 Å². The summed E-state index contributed by atoms with van der Waals surface area (Å²) in [5.74, 6) is -0.176. The van der Waals surface area contributed by atoms with Gasteiger partial charge in [0.05, 0.1) is 13.2 Å². The lowest BCUT2D eigenvalue weighted by Crippen LogP contribution is -2.28. The highest BCUT2D eigenvalue weighted by atomic mass is 16.6. The summed E-state index contributed by atoms with van der Waals surface area (Å²) in [5.41, 5.74) is 0. The van der Waals surface area contributed by atoms with E-state index < -0.39 is 11.9 Å². The Bertz CT molecular complexity index is 410. The predicted octanol–water partition coefficient (Wildman–Crippen LogP) is 3.28. The quantitative estimate of drug-likeness (QED) is 0.454. The van der Waals surface area contributed by atoms with Crippen LogP contribution in [-0.2, 0) is 19.1 Å². The molecule has 0 fully saturated rings. The van der Waals surface area contributed by atoms with Crippen molar-refractivity contribution in [2.24, 2.45) is 23.7 Å². The van der Waals surface area contributed by atoms with Crippen molar-refractivity contribution < 1.29 is 19.1 Å². The zero-order valence-electron chi connectivity index (χ0n) is 13.5. The summed E-state index contributed by atoms with van der Waals surface area (Å²) in [6.07, 6.45) is 12.3. The fourth-order valence-electron chi connectivity index (χ4n) is 2.96. The summed E-state index contributed by atoms with van der Waals surface area (Å²) in [4.78, 5) is 23.4. The molecule has 0 N–H and O–H groups in total. The minimum Gasteiger partial charge on any atom is -0.457 e. The third-order valence-electron chi connectivity index (χ3n) is 4.86. The van der Waals surface area contributed by atoms with Crippen LogP contribution in [0.3, 0.4) is 0 Å². The maximum absolute atomic E-state index is 11.7. The Balaban J connectivity index is 1.69. The monoisotopic (exact) mass is 306 g/mol. The van der Waals surface area contributed by atoms with E-state index in [2.05, 4.69) is 38.2 Å². The lowest BCUT2D eigenvalue weighted by atomic mass is 9.85. The number of hydrogen-bond acceptors (Lipinski definition) is 4. The Kier molecular flexibility index (Phi) is 6.22. The van der Waals surface area contributed by atoms with Gasteiger partial charge in [0.15, 0.2) is 0 Å². The van der Waals surface area contributed by atoms with Crippen molar-refractivity contribution in [2.75, 3.05) is 13.2 Å². The molecule has 0 aliphatic heterocycles. The molecule has 4 heteroatoms. The molecule has 0 radical (unpaired) electrons. The maximum Gasteiger partial charge on any atom is 0.417 e. The van der Waals surface area contributed by atoms with Crippen LogP contribution >= 0.6 is 0 Å². The van der Waals surface area contributed by atoms with Crippen LogP contribution in [0.1, 0.15) is 39.5 Å². The number of rotatable bonds is 4. The Morgan fingerprint density at radius 3 is 1.50 bits per heavy atom. The van der Waals surface area contributed by atoms with Crippen molar-refractivity contribution >= 4 is 11.9 Å². The molecule has 0 aromatic rings. The first-order chi connectivity index (χ1) is 10.6. The Hall–Kier alpha value is -1.58. The van der Waals surface area contributed by atoms with Gasteiger partial charge in [-0.3, -0.25) is 0 Å². The SMILES string of the molecule is C[C@H]1CC=CC[C@H]1COC(=O)C(=O)OC[C@@H]1CC=CC[C@@H]1C. The molecule has 122 valence electrons. The minimum absolute atomic E-state index is 0.294. The van der Waals surface area contributed by atoms with E-state index in [0.717, 1.165) is 25.7 Å². The summed E-state index contributed by atoms with van der Waals surface area (Å²) in [5, 5.41) is 0. The van der Waals surface area contributed by atoms with Crippen LogP contribution in [0.5, 0.6) is 0 Å². The molecule has 0 bridgehead atoms. The summed E-state index contributed by atoms with van der Waals surface area (Å²) in [6.45, 7) is 4.86. The molecule has 2 rings (SSSR count). The summed E-state index contributed by atoms with van der Waals surface area (Å²) >= 11 is 0. The van der Waals surface area contributed by atoms with Crippen molar-refractivity contribution in [3.63, 3.8) is 0 Å². The second kappa shape index (κ2) is 8.16. The molecule has 0 aromatic carbocycles. The third-order valence-corrected chi connectivity index (χ3v) is 4.86. The Morgan fingerprint density at radius 2 is 1.14 bits per heavy atom. The van der Waals surface area contributed by atoms with Crippen LogP contribution in [0, 0.1) is 23.7 Å². The van der Waals surface area contributed by atoms with E-state index in [4.69, 9.17) is 9.47 Å². The van der Waals surface area contributed by atoms with E-state index >= 15 is 0 Å². The van der Waals surface area contributed by atoms with Crippen LogP contribution in [0.15, 0.2) is 24.3 Å². The third kappa shape index (κ3) is 4.72. The number of ether oxygens (including phenoxy) is 2. The number of carbonyl (C=O) groups is 2. The first kappa shape index (κ1) is 16.8. The van der Waals surface area contributed by atoms with Crippen LogP contribution in [0.2, 0.25) is 0 Å². The van der Waals surface area contributed by atoms with Gasteiger partial charge in [-0.25, -0.2) is 9.59 Å².